The molecule has 1 amide bonds. The number of nitrogens with one attached hydrogen (secondary N) is 1. The Balaban J connectivity index is 1.49. The molecule has 1 aliphatic rings. The van der Waals surface area contributed by atoms with Crippen molar-refractivity contribution in [1.82, 2.24) is 29.3 Å². The number of amides is 1. The second-order valence-corrected chi connectivity index (χ2v) is 9.90. The van der Waals surface area contributed by atoms with E-state index in [9.17, 15) is 13.2 Å². The van der Waals surface area contributed by atoms with Gasteiger partial charge in [-0.05, 0) is 31.9 Å². The molecule has 3 aromatic rings. The van der Waals surface area contributed by atoms with E-state index < -0.39 is 15.9 Å². The van der Waals surface area contributed by atoms with Crippen molar-refractivity contribution >= 4 is 27.5 Å². The highest BCUT2D eigenvalue weighted by Crippen LogP contribution is 2.44. The first kappa shape index (κ1) is 21.3. The molecule has 0 saturated heterocycles. The van der Waals surface area contributed by atoms with Crippen molar-refractivity contribution in [2.45, 2.75) is 31.6 Å². The summed E-state index contributed by atoms with van der Waals surface area (Å²) in [5.74, 6) is -0.0692. The monoisotopic (exact) mass is 464 g/mol. The van der Waals surface area contributed by atoms with E-state index in [0.717, 1.165) is 12.8 Å². The van der Waals surface area contributed by atoms with E-state index in [1.54, 1.807) is 19.3 Å². The minimum atomic E-state index is -4.11. The summed E-state index contributed by atoms with van der Waals surface area (Å²) in [6.07, 6.45) is 5.27. The Kier molecular flexibility index (Phi) is 5.26. The molecule has 4 rings (SSSR count). The summed E-state index contributed by atoms with van der Waals surface area (Å²) < 4.78 is 35.5. The first-order valence-corrected chi connectivity index (χ1v) is 11.4. The summed E-state index contributed by atoms with van der Waals surface area (Å²) >= 11 is 6.16. The van der Waals surface area contributed by atoms with Crippen molar-refractivity contribution < 1.29 is 17.9 Å². The van der Waals surface area contributed by atoms with Crippen molar-refractivity contribution in [2.75, 3.05) is 6.61 Å². The van der Waals surface area contributed by atoms with E-state index in [1.165, 1.54) is 34.6 Å². The Hall–Kier alpha value is -2.92. The fraction of sp³-hybridized carbons (Fsp3) is 0.368. The van der Waals surface area contributed by atoms with Gasteiger partial charge in [-0.1, -0.05) is 18.5 Å². The van der Waals surface area contributed by atoms with Gasteiger partial charge in [-0.15, -0.1) is 5.10 Å². The molecule has 164 valence electrons. The number of carbonyl (C=O) groups excluding carboxylic acids is 1. The lowest BCUT2D eigenvalue weighted by molar-refractivity contribution is 0.0981. The maximum Gasteiger partial charge on any atom is 0.268 e. The van der Waals surface area contributed by atoms with Crippen molar-refractivity contribution in [3.05, 3.63) is 47.0 Å². The van der Waals surface area contributed by atoms with E-state index in [0.29, 0.717) is 18.3 Å². The zero-order valence-corrected chi connectivity index (χ0v) is 18.7. The zero-order chi connectivity index (χ0) is 22.4. The van der Waals surface area contributed by atoms with Gasteiger partial charge < -0.3 is 4.74 Å². The van der Waals surface area contributed by atoms with Gasteiger partial charge in [-0.25, -0.2) is 22.8 Å². The van der Waals surface area contributed by atoms with Crippen molar-refractivity contribution in [2.24, 2.45) is 12.5 Å². The Morgan fingerprint density at radius 3 is 2.65 bits per heavy atom. The van der Waals surface area contributed by atoms with Gasteiger partial charge in [0.2, 0.25) is 5.88 Å². The van der Waals surface area contributed by atoms with E-state index in [4.69, 9.17) is 16.3 Å². The normalized spacial score (nSPS) is 15.0. The lowest BCUT2D eigenvalue weighted by Gasteiger charge is -2.09. The van der Waals surface area contributed by atoms with Gasteiger partial charge in [-0.2, -0.15) is 5.10 Å². The first-order valence-electron chi connectivity index (χ1n) is 9.49. The summed E-state index contributed by atoms with van der Waals surface area (Å²) in [6.45, 7) is 4.29. The second-order valence-electron chi connectivity index (χ2n) is 7.89. The first-order chi connectivity index (χ1) is 14.6. The highest BCUT2D eigenvalue weighted by Gasteiger charge is 2.38. The highest BCUT2D eigenvalue weighted by atomic mass is 35.5. The number of aryl methyl sites for hydroxylation is 2. The molecule has 31 heavy (non-hydrogen) atoms. The molecule has 1 aliphatic carbocycles. The van der Waals surface area contributed by atoms with Crippen LogP contribution in [0.3, 0.4) is 0 Å². The van der Waals surface area contributed by atoms with Gasteiger partial charge in [0, 0.05) is 30.9 Å². The average molecular weight is 465 g/mol. The number of pyridine rings is 1. The third-order valence-electron chi connectivity index (χ3n) is 5.04. The van der Waals surface area contributed by atoms with Crippen LogP contribution in [0, 0.1) is 12.3 Å². The van der Waals surface area contributed by atoms with Crippen LogP contribution >= 0.6 is 11.6 Å². The van der Waals surface area contributed by atoms with Crippen LogP contribution in [0.25, 0.3) is 5.82 Å². The predicted octanol–water partition coefficient (Wildman–Crippen LogP) is 2.26. The standard InChI is InChI=1S/C19H21ClN6O4S/c1-12-14(10-25(3)22-12)31(28,29)24-18(27)13-4-5-15(21-17(13)20)26-9-6-16(23-26)30-11-19(2)7-8-19/h4-6,9-10H,7-8,11H2,1-3H3,(H,24,27). The number of nitrogens with zero attached hydrogens (tertiary/aromatic N) is 5. The minimum absolute atomic E-state index is 0.0826. The number of ether oxygens (including phenoxy) is 1. The average Bonchev–Trinajstić information content (AvgIpc) is 3.09. The molecule has 1 saturated carbocycles. The van der Waals surface area contributed by atoms with Gasteiger partial charge >= 0.3 is 0 Å². The number of carbonyl (C=O) groups is 1. The zero-order valence-electron chi connectivity index (χ0n) is 17.2. The molecule has 0 spiro atoms. The van der Waals surface area contributed by atoms with Crippen LogP contribution < -0.4 is 9.46 Å². The third kappa shape index (κ3) is 4.57. The van der Waals surface area contributed by atoms with Gasteiger partial charge in [0.1, 0.15) is 10.0 Å². The fourth-order valence-electron chi connectivity index (χ4n) is 2.91. The molecular weight excluding hydrogens is 444 g/mol. The molecule has 0 atom stereocenters. The van der Waals surface area contributed by atoms with Crippen LogP contribution in [0.15, 0.2) is 35.5 Å². The van der Waals surface area contributed by atoms with Crippen LogP contribution in [0.4, 0.5) is 0 Å². The lowest BCUT2D eigenvalue weighted by Crippen LogP contribution is -2.31. The van der Waals surface area contributed by atoms with Crippen LogP contribution in [0.2, 0.25) is 5.15 Å². The third-order valence-corrected chi connectivity index (χ3v) is 6.76. The Morgan fingerprint density at radius 1 is 1.29 bits per heavy atom. The molecule has 10 nitrogen and oxygen atoms in total. The largest absolute Gasteiger partial charge is 0.476 e. The van der Waals surface area contributed by atoms with E-state index >= 15 is 0 Å². The number of hydrogen-bond acceptors (Lipinski definition) is 7. The Labute approximate surface area is 184 Å². The molecular formula is C19H21ClN6O4S. The van der Waals surface area contributed by atoms with E-state index in [-0.39, 0.29) is 26.7 Å². The van der Waals surface area contributed by atoms with E-state index in [2.05, 4.69) is 22.1 Å². The highest BCUT2D eigenvalue weighted by molar-refractivity contribution is 7.90. The molecule has 0 aromatic carbocycles. The summed E-state index contributed by atoms with van der Waals surface area (Å²) in [6, 6.07) is 4.62. The van der Waals surface area contributed by atoms with Gasteiger partial charge in [0.15, 0.2) is 5.82 Å². The van der Waals surface area contributed by atoms with Gasteiger partial charge in [-0.3, -0.25) is 9.48 Å². The van der Waals surface area contributed by atoms with Crippen LogP contribution in [0.5, 0.6) is 5.88 Å². The van der Waals surface area contributed by atoms with E-state index in [1.807, 2.05) is 4.72 Å². The molecule has 0 unspecified atom stereocenters. The molecule has 0 aliphatic heterocycles. The molecule has 3 aromatic heterocycles. The summed E-state index contributed by atoms with van der Waals surface area (Å²) in [7, 11) is -2.52. The predicted molar refractivity (Wildman–Crippen MR) is 112 cm³/mol. The van der Waals surface area contributed by atoms with Crippen LogP contribution in [-0.4, -0.2) is 45.5 Å². The summed E-state index contributed by atoms with van der Waals surface area (Å²) in [5.41, 5.74) is 0.422. The van der Waals surface area contributed by atoms with Crippen LogP contribution in [-0.2, 0) is 17.1 Å². The molecule has 12 heteroatoms. The number of halogens is 1. The maximum absolute atomic E-state index is 12.5. The Morgan fingerprint density at radius 2 is 2.03 bits per heavy atom. The Bertz CT molecular complexity index is 1260. The molecule has 1 fully saturated rings. The molecule has 1 N–H and O–H groups in total. The summed E-state index contributed by atoms with van der Waals surface area (Å²) in [4.78, 5) is 16.6. The minimum Gasteiger partial charge on any atom is -0.476 e. The quantitative estimate of drug-likeness (QED) is 0.532. The fourth-order valence-corrected chi connectivity index (χ4v) is 4.33. The number of sulfonamides is 1. The van der Waals surface area contributed by atoms with Crippen molar-refractivity contribution in [1.29, 1.82) is 0 Å². The number of aromatic nitrogens is 5. The molecule has 3 heterocycles. The SMILES string of the molecule is Cc1nn(C)cc1S(=O)(=O)NC(=O)c1ccc(-n2ccc(OCC3(C)CC3)n2)nc1Cl. The van der Waals surface area contributed by atoms with Crippen molar-refractivity contribution in [3.63, 3.8) is 0 Å². The number of hydrogen-bond donors (Lipinski definition) is 1. The van der Waals surface area contributed by atoms with Crippen LogP contribution in [0.1, 0.15) is 35.8 Å². The number of rotatable bonds is 7. The molecule has 0 bridgehead atoms. The summed E-state index contributed by atoms with van der Waals surface area (Å²) in [5, 5.41) is 8.13. The second kappa shape index (κ2) is 7.65. The topological polar surface area (TPSA) is 121 Å². The maximum atomic E-state index is 12.5. The smallest absolute Gasteiger partial charge is 0.268 e. The van der Waals surface area contributed by atoms with Gasteiger partial charge in [0.25, 0.3) is 15.9 Å². The molecule has 0 radical (unpaired) electrons. The van der Waals surface area contributed by atoms with Gasteiger partial charge in [0.05, 0.1) is 17.9 Å². The van der Waals surface area contributed by atoms with Crippen molar-refractivity contribution in [3.8, 4) is 11.7 Å². The lowest BCUT2D eigenvalue weighted by atomic mass is 10.2.